The van der Waals surface area contributed by atoms with Crippen LogP contribution in [-0.4, -0.2) is 44.9 Å². The van der Waals surface area contributed by atoms with Gasteiger partial charge in [-0.25, -0.2) is 9.50 Å². The summed E-state index contributed by atoms with van der Waals surface area (Å²) >= 11 is 0. The quantitative estimate of drug-likeness (QED) is 0.778. The molecule has 3 aromatic rings. The number of hydrogen-bond acceptors (Lipinski definition) is 4. The van der Waals surface area contributed by atoms with Crippen LogP contribution in [0.4, 0.5) is 5.69 Å². The van der Waals surface area contributed by atoms with Crippen molar-refractivity contribution in [1.82, 2.24) is 19.5 Å². The van der Waals surface area contributed by atoms with Crippen molar-refractivity contribution < 1.29 is 9.59 Å². The summed E-state index contributed by atoms with van der Waals surface area (Å²) in [6, 6.07) is 7.18. The highest BCUT2D eigenvalue weighted by Gasteiger charge is 2.22. The Hall–Kier alpha value is -3.22. The highest BCUT2D eigenvalue weighted by molar-refractivity contribution is 6.08. The van der Waals surface area contributed by atoms with E-state index in [4.69, 9.17) is 0 Å². The zero-order valence-electron chi connectivity index (χ0n) is 13.1. The summed E-state index contributed by atoms with van der Waals surface area (Å²) in [6.45, 7) is 0.714. The molecule has 0 unspecified atom stereocenters. The van der Waals surface area contributed by atoms with E-state index >= 15 is 0 Å². The Balaban J connectivity index is 1.64. The van der Waals surface area contributed by atoms with E-state index in [1.54, 1.807) is 41.0 Å². The second-order valence-electron chi connectivity index (χ2n) is 5.75. The van der Waals surface area contributed by atoms with E-state index in [-0.39, 0.29) is 11.8 Å². The maximum absolute atomic E-state index is 12.5. The summed E-state index contributed by atoms with van der Waals surface area (Å²) in [5, 5.41) is 6.93. The molecule has 3 heterocycles. The predicted molar refractivity (Wildman–Crippen MR) is 88.0 cm³/mol. The van der Waals surface area contributed by atoms with E-state index in [2.05, 4.69) is 15.4 Å². The van der Waals surface area contributed by atoms with Crippen molar-refractivity contribution in [2.75, 3.05) is 18.9 Å². The largest absolute Gasteiger partial charge is 0.341 e. The van der Waals surface area contributed by atoms with Crippen LogP contribution < -0.4 is 5.32 Å². The number of nitrogens with one attached hydrogen (secondary N) is 1. The molecule has 24 heavy (non-hydrogen) atoms. The number of benzene rings is 1. The highest BCUT2D eigenvalue weighted by Crippen LogP contribution is 2.22. The van der Waals surface area contributed by atoms with Gasteiger partial charge in [0.1, 0.15) is 5.56 Å². The van der Waals surface area contributed by atoms with Crippen LogP contribution in [0.15, 0.2) is 42.9 Å². The van der Waals surface area contributed by atoms with Crippen LogP contribution in [0.25, 0.3) is 5.65 Å². The van der Waals surface area contributed by atoms with E-state index in [1.165, 1.54) is 6.20 Å². The number of rotatable bonds is 2. The Morgan fingerprint density at radius 2 is 2.21 bits per heavy atom. The third-order valence-corrected chi connectivity index (χ3v) is 4.19. The fourth-order valence-corrected chi connectivity index (χ4v) is 2.85. The molecule has 0 spiro atoms. The Morgan fingerprint density at radius 3 is 3.08 bits per heavy atom. The molecular weight excluding hydrogens is 306 g/mol. The van der Waals surface area contributed by atoms with E-state index in [9.17, 15) is 9.59 Å². The number of carbonyl (C=O) groups is 2. The molecule has 0 bridgehead atoms. The Morgan fingerprint density at radius 1 is 1.33 bits per heavy atom. The summed E-state index contributed by atoms with van der Waals surface area (Å²) in [5.74, 6) is -0.328. The highest BCUT2D eigenvalue weighted by atomic mass is 16.2. The molecule has 1 aliphatic heterocycles. The van der Waals surface area contributed by atoms with Crippen molar-refractivity contribution in [3.8, 4) is 0 Å². The fraction of sp³-hybridized carbons (Fsp3) is 0.176. The van der Waals surface area contributed by atoms with Gasteiger partial charge in [0.25, 0.3) is 11.8 Å². The lowest BCUT2D eigenvalue weighted by molar-refractivity contribution is 0.0780. The Bertz CT molecular complexity index is 963. The fourth-order valence-electron chi connectivity index (χ4n) is 2.85. The minimum Gasteiger partial charge on any atom is -0.341 e. The van der Waals surface area contributed by atoms with E-state index in [0.29, 0.717) is 29.0 Å². The van der Waals surface area contributed by atoms with Gasteiger partial charge >= 0.3 is 0 Å². The van der Waals surface area contributed by atoms with Gasteiger partial charge in [0.2, 0.25) is 0 Å². The van der Waals surface area contributed by atoms with Crippen molar-refractivity contribution in [3.05, 3.63) is 59.5 Å². The summed E-state index contributed by atoms with van der Waals surface area (Å²) < 4.78 is 1.54. The number of amides is 2. The molecule has 1 N–H and O–H groups in total. The number of aromatic nitrogens is 3. The third-order valence-electron chi connectivity index (χ3n) is 4.19. The first-order valence-electron chi connectivity index (χ1n) is 7.61. The molecule has 7 heteroatoms. The van der Waals surface area contributed by atoms with Crippen LogP contribution in [0.3, 0.4) is 0 Å². The minimum atomic E-state index is -0.305. The number of hydrogen-bond donors (Lipinski definition) is 1. The second kappa shape index (κ2) is 5.45. The van der Waals surface area contributed by atoms with Crippen LogP contribution in [-0.2, 0) is 6.42 Å². The molecule has 0 fully saturated rings. The normalized spacial score (nSPS) is 13.9. The van der Waals surface area contributed by atoms with E-state index in [1.807, 2.05) is 12.1 Å². The Kier molecular flexibility index (Phi) is 3.26. The number of fused-ring (bicyclic) bond motifs is 2. The van der Waals surface area contributed by atoms with Crippen molar-refractivity contribution >= 4 is 23.1 Å². The molecule has 1 aliphatic rings. The average Bonchev–Trinajstić information content (AvgIpc) is 3.03. The van der Waals surface area contributed by atoms with Crippen molar-refractivity contribution in [2.45, 2.75) is 6.42 Å². The van der Waals surface area contributed by atoms with Gasteiger partial charge in [-0.15, -0.1) is 0 Å². The van der Waals surface area contributed by atoms with Gasteiger partial charge in [0, 0.05) is 37.2 Å². The molecule has 1 aromatic carbocycles. The van der Waals surface area contributed by atoms with Crippen LogP contribution in [0.1, 0.15) is 26.3 Å². The molecule has 0 aliphatic carbocycles. The summed E-state index contributed by atoms with van der Waals surface area (Å²) in [7, 11) is 1.78. The van der Waals surface area contributed by atoms with Crippen LogP contribution in [0, 0.1) is 0 Å². The van der Waals surface area contributed by atoms with Gasteiger partial charge in [-0.3, -0.25) is 9.59 Å². The van der Waals surface area contributed by atoms with Gasteiger partial charge in [0.05, 0.1) is 6.20 Å². The molecule has 120 valence electrons. The predicted octanol–water partition coefficient (Wildman–Crippen LogP) is 1.61. The molecule has 0 atom stereocenters. The zero-order chi connectivity index (χ0) is 16.7. The molecule has 2 amide bonds. The van der Waals surface area contributed by atoms with Gasteiger partial charge < -0.3 is 10.2 Å². The van der Waals surface area contributed by atoms with Crippen LogP contribution in [0.2, 0.25) is 0 Å². The lowest BCUT2D eigenvalue weighted by Gasteiger charge is -2.25. The van der Waals surface area contributed by atoms with Crippen LogP contribution >= 0.6 is 0 Å². The molecule has 4 rings (SSSR count). The van der Waals surface area contributed by atoms with E-state index < -0.39 is 0 Å². The van der Waals surface area contributed by atoms with E-state index in [0.717, 1.165) is 12.0 Å². The molecular formula is C17H15N5O2. The lowest BCUT2D eigenvalue weighted by atomic mass is 9.98. The van der Waals surface area contributed by atoms with Crippen molar-refractivity contribution in [2.24, 2.45) is 0 Å². The second-order valence-corrected chi connectivity index (χ2v) is 5.75. The zero-order valence-corrected chi connectivity index (χ0v) is 13.1. The Labute approximate surface area is 137 Å². The standard InChI is InChI=1S/C17H15N5O2/c1-21-8-5-11-3-4-12(9-13(11)17(21)24)20-16(23)14-10-19-22-7-2-6-18-15(14)22/h2-4,6-7,9-10H,5,8H2,1H3,(H,20,23). The van der Waals surface area contributed by atoms with Gasteiger partial charge in [-0.2, -0.15) is 5.10 Å². The van der Waals surface area contributed by atoms with Crippen molar-refractivity contribution in [1.29, 1.82) is 0 Å². The smallest absolute Gasteiger partial charge is 0.261 e. The molecule has 7 nitrogen and oxygen atoms in total. The maximum Gasteiger partial charge on any atom is 0.261 e. The SMILES string of the molecule is CN1CCc2ccc(NC(=O)c3cnn4cccnc34)cc2C1=O. The summed E-state index contributed by atoms with van der Waals surface area (Å²) in [6.07, 6.45) is 5.65. The summed E-state index contributed by atoms with van der Waals surface area (Å²) in [5.41, 5.74) is 3.10. The first-order valence-corrected chi connectivity index (χ1v) is 7.61. The lowest BCUT2D eigenvalue weighted by Crippen LogP contribution is -2.34. The molecule has 0 saturated carbocycles. The number of nitrogens with zero attached hydrogens (tertiary/aromatic N) is 4. The topological polar surface area (TPSA) is 79.6 Å². The first kappa shape index (κ1) is 14.4. The minimum absolute atomic E-state index is 0.0231. The van der Waals surface area contributed by atoms with Crippen LogP contribution in [0.5, 0.6) is 0 Å². The average molecular weight is 321 g/mol. The van der Waals surface area contributed by atoms with Crippen molar-refractivity contribution in [3.63, 3.8) is 0 Å². The first-order chi connectivity index (χ1) is 11.6. The number of carbonyl (C=O) groups excluding carboxylic acids is 2. The maximum atomic E-state index is 12.5. The van der Waals surface area contributed by atoms with Gasteiger partial charge in [0.15, 0.2) is 5.65 Å². The monoisotopic (exact) mass is 321 g/mol. The van der Waals surface area contributed by atoms with Gasteiger partial charge in [-0.05, 0) is 30.2 Å². The number of likely N-dealkylation sites (N-methyl/N-ethyl adjacent to an activating group) is 1. The molecule has 2 aromatic heterocycles. The van der Waals surface area contributed by atoms with Gasteiger partial charge in [-0.1, -0.05) is 6.07 Å². The number of anilines is 1. The summed E-state index contributed by atoms with van der Waals surface area (Å²) in [4.78, 5) is 30.6. The third kappa shape index (κ3) is 2.30. The molecule has 0 saturated heterocycles. The molecule has 0 radical (unpaired) electrons.